The first-order chi connectivity index (χ1) is 14.0. The summed E-state index contributed by atoms with van der Waals surface area (Å²) in [6.07, 6.45) is 1.13. The molecule has 3 aromatic rings. The number of carbonyl (C=O) groups is 1. The van der Waals surface area contributed by atoms with Crippen LogP contribution in [-0.4, -0.2) is 47.0 Å². The number of hydrogen-bond acceptors (Lipinski definition) is 6. The van der Waals surface area contributed by atoms with Gasteiger partial charge < -0.3 is 15.1 Å². The van der Waals surface area contributed by atoms with Gasteiger partial charge in [-0.05, 0) is 31.2 Å². The number of nitrogens with zero attached hydrogens (tertiary/aromatic N) is 4. The number of piperazine rings is 1. The maximum atomic E-state index is 13.0. The molecule has 1 aliphatic heterocycles. The Morgan fingerprint density at radius 1 is 1.17 bits per heavy atom. The topological polar surface area (TPSA) is 61.4 Å². The Balaban J connectivity index is 1.42. The van der Waals surface area contributed by atoms with E-state index in [9.17, 15) is 9.18 Å². The lowest BCUT2D eigenvalue weighted by molar-refractivity contribution is 0.0750. The van der Waals surface area contributed by atoms with Crippen LogP contribution in [0, 0.1) is 12.7 Å². The number of carbonyl (C=O) groups excluding carboxylic acids is 1. The van der Waals surface area contributed by atoms with Gasteiger partial charge in [0, 0.05) is 26.2 Å². The standard InChI is InChI=1S/C20H19ClFN5OS/c1-13-18(29-20(24-13)25-17-7-6-14(22)12-23-17)19(28)27-10-8-26(9-11-27)16-5-3-2-4-15(16)21/h2-7,12H,8-11H2,1H3,(H,23,24,25). The predicted molar refractivity (Wildman–Crippen MR) is 114 cm³/mol. The summed E-state index contributed by atoms with van der Waals surface area (Å²) >= 11 is 7.57. The Morgan fingerprint density at radius 3 is 2.62 bits per heavy atom. The molecule has 4 rings (SSSR count). The van der Waals surface area contributed by atoms with Gasteiger partial charge in [-0.1, -0.05) is 35.1 Å². The second-order valence-electron chi connectivity index (χ2n) is 6.65. The number of amides is 1. The minimum atomic E-state index is -0.405. The normalized spacial score (nSPS) is 14.2. The summed E-state index contributed by atoms with van der Waals surface area (Å²) < 4.78 is 13.0. The van der Waals surface area contributed by atoms with E-state index in [1.165, 1.54) is 23.5 Å². The zero-order chi connectivity index (χ0) is 20.4. The number of para-hydroxylation sites is 1. The van der Waals surface area contributed by atoms with Crippen molar-refractivity contribution in [2.45, 2.75) is 6.92 Å². The Kier molecular flexibility index (Phi) is 5.64. The molecule has 0 atom stereocenters. The minimum Gasteiger partial charge on any atom is -0.367 e. The molecule has 1 aromatic carbocycles. The number of thiazole rings is 1. The molecule has 0 bridgehead atoms. The molecule has 3 heterocycles. The van der Waals surface area contributed by atoms with Gasteiger partial charge in [-0.25, -0.2) is 14.4 Å². The van der Waals surface area contributed by atoms with Crippen LogP contribution in [0.25, 0.3) is 0 Å². The van der Waals surface area contributed by atoms with Crippen LogP contribution in [0.3, 0.4) is 0 Å². The predicted octanol–water partition coefficient (Wildman–Crippen LogP) is 4.35. The van der Waals surface area contributed by atoms with Crippen LogP contribution < -0.4 is 10.2 Å². The Labute approximate surface area is 177 Å². The average Bonchev–Trinajstić information content (AvgIpc) is 3.10. The van der Waals surface area contributed by atoms with Crippen molar-refractivity contribution >= 4 is 45.5 Å². The third kappa shape index (κ3) is 4.33. The van der Waals surface area contributed by atoms with E-state index in [1.807, 2.05) is 36.1 Å². The number of benzene rings is 1. The molecule has 29 heavy (non-hydrogen) atoms. The van der Waals surface area contributed by atoms with E-state index in [-0.39, 0.29) is 5.91 Å². The van der Waals surface area contributed by atoms with Crippen LogP contribution in [0.1, 0.15) is 15.4 Å². The first-order valence-corrected chi connectivity index (χ1v) is 10.4. The smallest absolute Gasteiger partial charge is 0.266 e. The van der Waals surface area contributed by atoms with Crippen molar-refractivity contribution < 1.29 is 9.18 Å². The highest BCUT2D eigenvalue weighted by Crippen LogP contribution is 2.29. The van der Waals surface area contributed by atoms with Crippen molar-refractivity contribution in [2.75, 3.05) is 36.4 Å². The van der Waals surface area contributed by atoms with Gasteiger partial charge in [0.05, 0.1) is 22.6 Å². The van der Waals surface area contributed by atoms with Crippen molar-refractivity contribution in [3.8, 4) is 0 Å². The second kappa shape index (κ2) is 8.34. The largest absolute Gasteiger partial charge is 0.367 e. The Bertz CT molecular complexity index is 1020. The number of rotatable bonds is 4. The monoisotopic (exact) mass is 431 g/mol. The molecule has 150 valence electrons. The SMILES string of the molecule is Cc1nc(Nc2ccc(F)cn2)sc1C(=O)N1CCN(c2ccccc2Cl)CC1. The lowest BCUT2D eigenvalue weighted by Gasteiger charge is -2.36. The fraction of sp³-hybridized carbons (Fsp3) is 0.250. The molecule has 1 aliphatic rings. The van der Waals surface area contributed by atoms with Crippen LogP contribution in [0.15, 0.2) is 42.6 Å². The van der Waals surface area contributed by atoms with E-state index in [0.717, 1.165) is 30.0 Å². The molecule has 1 fully saturated rings. The van der Waals surface area contributed by atoms with Gasteiger partial charge in [-0.2, -0.15) is 0 Å². The number of aromatic nitrogens is 2. The molecule has 0 saturated carbocycles. The quantitative estimate of drug-likeness (QED) is 0.665. The third-order valence-electron chi connectivity index (χ3n) is 4.71. The first kappa shape index (κ1) is 19.6. The number of anilines is 3. The number of nitrogens with one attached hydrogen (secondary N) is 1. The fourth-order valence-electron chi connectivity index (χ4n) is 3.21. The Hall–Kier alpha value is -2.71. The van der Waals surface area contributed by atoms with Crippen molar-refractivity contribution in [3.63, 3.8) is 0 Å². The summed E-state index contributed by atoms with van der Waals surface area (Å²) in [5.74, 6) is 0.0455. The fourth-order valence-corrected chi connectivity index (χ4v) is 4.41. The molecular weight excluding hydrogens is 413 g/mol. The highest BCUT2D eigenvalue weighted by Gasteiger charge is 2.26. The van der Waals surface area contributed by atoms with Crippen LogP contribution in [0.4, 0.5) is 21.0 Å². The van der Waals surface area contributed by atoms with Crippen LogP contribution in [0.5, 0.6) is 0 Å². The van der Waals surface area contributed by atoms with Crippen molar-refractivity contribution in [1.82, 2.24) is 14.9 Å². The number of hydrogen-bond donors (Lipinski definition) is 1. The van der Waals surface area contributed by atoms with E-state index in [2.05, 4.69) is 20.2 Å². The Morgan fingerprint density at radius 2 is 1.93 bits per heavy atom. The summed E-state index contributed by atoms with van der Waals surface area (Å²) in [4.78, 5) is 26.0. The summed E-state index contributed by atoms with van der Waals surface area (Å²) in [6, 6.07) is 10.6. The van der Waals surface area contributed by atoms with E-state index >= 15 is 0 Å². The summed E-state index contributed by atoms with van der Waals surface area (Å²) in [5.41, 5.74) is 1.66. The molecule has 0 aliphatic carbocycles. The van der Waals surface area contributed by atoms with Crippen molar-refractivity contribution in [1.29, 1.82) is 0 Å². The van der Waals surface area contributed by atoms with E-state index in [4.69, 9.17) is 11.6 Å². The van der Waals surface area contributed by atoms with Gasteiger partial charge in [0.2, 0.25) is 0 Å². The van der Waals surface area contributed by atoms with E-state index in [1.54, 1.807) is 0 Å². The zero-order valence-electron chi connectivity index (χ0n) is 15.7. The van der Waals surface area contributed by atoms with Crippen molar-refractivity contribution in [2.24, 2.45) is 0 Å². The second-order valence-corrected chi connectivity index (χ2v) is 8.06. The molecular formula is C20H19ClFN5OS. The maximum Gasteiger partial charge on any atom is 0.266 e. The van der Waals surface area contributed by atoms with Gasteiger partial charge >= 0.3 is 0 Å². The summed E-state index contributed by atoms with van der Waals surface area (Å²) in [6.45, 7) is 4.48. The van der Waals surface area contributed by atoms with Crippen molar-refractivity contribution in [3.05, 3.63) is 64.0 Å². The highest BCUT2D eigenvalue weighted by molar-refractivity contribution is 7.17. The van der Waals surface area contributed by atoms with Gasteiger partial charge in [0.15, 0.2) is 5.13 Å². The number of halogens is 2. The van der Waals surface area contributed by atoms with Gasteiger partial charge in [-0.3, -0.25) is 4.79 Å². The molecule has 1 N–H and O–H groups in total. The molecule has 0 spiro atoms. The van der Waals surface area contributed by atoms with Gasteiger partial charge in [0.25, 0.3) is 5.91 Å². The van der Waals surface area contributed by atoms with Gasteiger partial charge in [0.1, 0.15) is 16.5 Å². The van der Waals surface area contributed by atoms with E-state index in [0.29, 0.717) is 34.6 Å². The molecule has 1 saturated heterocycles. The lowest BCUT2D eigenvalue weighted by atomic mass is 10.2. The van der Waals surface area contributed by atoms with Crippen LogP contribution >= 0.6 is 22.9 Å². The van der Waals surface area contributed by atoms with Gasteiger partial charge in [-0.15, -0.1) is 0 Å². The maximum absolute atomic E-state index is 13.0. The summed E-state index contributed by atoms with van der Waals surface area (Å²) in [7, 11) is 0. The third-order valence-corrected chi connectivity index (χ3v) is 6.09. The number of aryl methyl sites for hydroxylation is 1. The number of pyridine rings is 1. The highest BCUT2D eigenvalue weighted by atomic mass is 35.5. The zero-order valence-corrected chi connectivity index (χ0v) is 17.3. The molecule has 6 nitrogen and oxygen atoms in total. The average molecular weight is 432 g/mol. The summed E-state index contributed by atoms with van der Waals surface area (Å²) in [5, 5.41) is 4.29. The van der Waals surface area contributed by atoms with Crippen LogP contribution in [-0.2, 0) is 0 Å². The molecule has 1 amide bonds. The lowest BCUT2D eigenvalue weighted by Crippen LogP contribution is -2.48. The van der Waals surface area contributed by atoms with Crippen LogP contribution in [0.2, 0.25) is 5.02 Å². The minimum absolute atomic E-state index is 0.0288. The molecule has 0 radical (unpaired) electrons. The first-order valence-electron chi connectivity index (χ1n) is 9.16. The van der Waals surface area contributed by atoms with E-state index < -0.39 is 5.82 Å². The molecule has 0 unspecified atom stereocenters. The molecule has 2 aromatic heterocycles. The molecule has 9 heteroatoms.